The first kappa shape index (κ1) is 17.3. The SMILES string of the molecule is CN1CCN(c2nccc(Nc3ccccc3Oc3ccccc3)n2)CC1. The normalized spacial score (nSPS) is 14.8. The van der Waals surface area contributed by atoms with Crippen LogP contribution in [0.3, 0.4) is 0 Å². The maximum atomic E-state index is 6.02. The number of piperazine rings is 1. The van der Waals surface area contributed by atoms with Crippen LogP contribution in [0.1, 0.15) is 0 Å². The highest BCUT2D eigenvalue weighted by Crippen LogP contribution is 2.31. The van der Waals surface area contributed by atoms with Gasteiger partial charge in [0.2, 0.25) is 5.95 Å². The van der Waals surface area contributed by atoms with Gasteiger partial charge in [0.05, 0.1) is 5.69 Å². The second kappa shape index (κ2) is 8.05. The lowest BCUT2D eigenvalue weighted by Crippen LogP contribution is -2.45. The molecule has 1 fully saturated rings. The van der Waals surface area contributed by atoms with E-state index in [-0.39, 0.29) is 0 Å². The molecule has 1 saturated heterocycles. The van der Waals surface area contributed by atoms with Crippen LogP contribution in [0.25, 0.3) is 0 Å². The van der Waals surface area contributed by atoms with E-state index in [1.807, 2.05) is 60.7 Å². The van der Waals surface area contributed by atoms with Crippen molar-refractivity contribution in [2.45, 2.75) is 0 Å². The van der Waals surface area contributed by atoms with E-state index in [1.165, 1.54) is 0 Å². The molecule has 0 unspecified atom stereocenters. The van der Waals surface area contributed by atoms with E-state index in [2.05, 4.69) is 27.1 Å². The van der Waals surface area contributed by atoms with Gasteiger partial charge in [0.15, 0.2) is 5.75 Å². The summed E-state index contributed by atoms with van der Waals surface area (Å²) >= 11 is 0. The summed E-state index contributed by atoms with van der Waals surface area (Å²) in [6.07, 6.45) is 1.80. The first-order valence-electron chi connectivity index (χ1n) is 9.13. The van der Waals surface area contributed by atoms with Gasteiger partial charge in [-0.1, -0.05) is 30.3 Å². The summed E-state index contributed by atoms with van der Waals surface area (Å²) in [5, 5.41) is 3.37. The van der Waals surface area contributed by atoms with E-state index < -0.39 is 0 Å². The molecule has 0 atom stereocenters. The number of nitrogens with zero attached hydrogens (tertiary/aromatic N) is 4. The molecule has 1 N–H and O–H groups in total. The van der Waals surface area contributed by atoms with Gasteiger partial charge < -0.3 is 19.9 Å². The summed E-state index contributed by atoms with van der Waals surface area (Å²) < 4.78 is 6.02. The number of para-hydroxylation sites is 3. The number of rotatable bonds is 5. The van der Waals surface area contributed by atoms with Gasteiger partial charge >= 0.3 is 0 Å². The maximum Gasteiger partial charge on any atom is 0.227 e. The summed E-state index contributed by atoms with van der Waals surface area (Å²) in [5.41, 5.74) is 0.865. The average Bonchev–Trinajstić information content (AvgIpc) is 2.71. The molecule has 138 valence electrons. The van der Waals surface area contributed by atoms with Crippen molar-refractivity contribution in [1.29, 1.82) is 0 Å². The van der Waals surface area contributed by atoms with Crippen LogP contribution in [0.2, 0.25) is 0 Å². The lowest BCUT2D eigenvalue weighted by molar-refractivity contribution is 0.311. The molecule has 0 bridgehead atoms. The maximum absolute atomic E-state index is 6.02. The molecule has 6 nitrogen and oxygen atoms in total. The van der Waals surface area contributed by atoms with Crippen LogP contribution in [-0.2, 0) is 0 Å². The Hall–Kier alpha value is -3.12. The number of likely N-dealkylation sites (N-methyl/N-ethyl adjacent to an activating group) is 1. The second-order valence-corrected chi connectivity index (χ2v) is 6.57. The Labute approximate surface area is 159 Å². The van der Waals surface area contributed by atoms with Crippen LogP contribution >= 0.6 is 0 Å². The van der Waals surface area contributed by atoms with Crippen molar-refractivity contribution >= 4 is 17.5 Å². The Bertz CT molecular complexity index is 879. The zero-order valence-electron chi connectivity index (χ0n) is 15.4. The molecule has 0 saturated carbocycles. The van der Waals surface area contributed by atoms with Crippen molar-refractivity contribution in [3.8, 4) is 11.5 Å². The summed E-state index contributed by atoms with van der Waals surface area (Å²) in [6, 6.07) is 19.5. The van der Waals surface area contributed by atoms with Gasteiger partial charge in [-0.05, 0) is 37.4 Å². The Morgan fingerprint density at radius 1 is 0.889 bits per heavy atom. The van der Waals surface area contributed by atoms with Crippen molar-refractivity contribution in [2.24, 2.45) is 0 Å². The number of ether oxygens (including phenoxy) is 1. The number of hydrogen-bond donors (Lipinski definition) is 1. The molecule has 0 amide bonds. The van der Waals surface area contributed by atoms with Gasteiger partial charge in [-0.25, -0.2) is 4.98 Å². The molecule has 1 aliphatic heterocycles. The first-order chi connectivity index (χ1) is 13.3. The molecule has 4 rings (SSSR count). The Morgan fingerprint density at radius 3 is 2.44 bits per heavy atom. The second-order valence-electron chi connectivity index (χ2n) is 6.57. The molecule has 2 aromatic carbocycles. The van der Waals surface area contributed by atoms with E-state index in [0.29, 0.717) is 0 Å². The molecular formula is C21H23N5O. The minimum atomic E-state index is 0.753. The lowest BCUT2D eigenvalue weighted by atomic mass is 10.3. The fourth-order valence-corrected chi connectivity index (χ4v) is 2.99. The van der Waals surface area contributed by atoms with Crippen molar-refractivity contribution in [3.05, 3.63) is 66.9 Å². The van der Waals surface area contributed by atoms with Gasteiger partial charge in [-0.3, -0.25) is 0 Å². The fourth-order valence-electron chi connectivity index (χ4n) is 2.99. The molecule has 1 aliphatic rings. The largest absolute Gasteiger partial charge is 0.455 e. The predicted molar refractivity (Wildman–Crippen MR) is 108 cm³/mol. The van der Waals surface area contributed by atoms with Gasteiger partial charge in [-0.2, -0.15) is 4.98 Å². The van der Waals surface area contributed by atoms with Gasteiger partial charge in [0.25, 0.3) is 0 Å². The van der Waals surface area contributed by atoms with E-state index in [4.69, 9.17) is 9.72 Å². The molecule has 27 heavy (non-hydrogen) atoms. The molecular weight excluding hydrogens is 338 g/mol. The van der Waals surface area contributed by atoms with Gasteiger partial charge in [0, 0.05) is 32.4 Å². The van der Waals surface area contributed by atoms with Crippen LogP contribution in [0, 0.1) is 0 Å². The molecule has 0 radical (unpaired) electrons. The van der Waals surface area contributed by atoms with Crippen molar-refractivity contribution < 1.29 is 4.74 Å². The predicted octanol–water partition coefficient (Wildman–Crippen LogP) is 3.76. The quantitative estimate of drug-likeness (QED) is 0.747. The van der Waals surface area contributed by atoms with E-state index >= 15 is 0 Å². The summed E-state index contributed by atoms with van der Waals surface area (Å²) in [6.45, 7) is 3.92. The fraction of sp³-hybridized carbons (Fsp3) is 0.238. The number of anilines is 3. The zero-order chi connectivity index (χ0) is 18.5. The molecule has 1 aromatic heterocycles. The molecule has 6 heteroatoms. The Balaban J connectivity index is 1.52. The zero-order valence-corrected chi connectivity index (χ0v) is 15.4. The summed E-state index contributed by atoms with van der Waals surface area (Å²) in [5.74, 6) is 3.06. The van der Waals surface area contributed by atoms with Crippen molar-refractivity contribution in [3.63, 3.8) is 0 Å². The highest BCUT2D eigenvalue weighted by Gasteiger charge is 2.16. The average molecular weight is 361 g/mol. The van der Waals surface area contributed by atoms with Crippen LogP contribution in [0.5, 0.6) is 11.5 Å². The van der Waals surface area contributed by atoms with Crippen LogP contribution in [-0.4, -0.2) is 48.1 Å². The lowest BCUT2D eigenvalue weighted by Gasteiger charge is -2.32. The van der Waals surface area contributed by atoms with E-state index in [9.17, 15) is 0 Å². The monoisotopic (exact) mass is 361 g/mol. The highest BCUT2D eigenvalue weighted by atomic mass is 16.5. The first-order valence-corrected chi connectivity index (χ1v) is 9.13. The smallest absolute Gasteiger partial charge is 0.227 e. The van der Waals surface area contributed by atoms with Crippen LogP contribution in [0.15, 0.2) is 66.9 Å². The topological polar surface area (TPSA) is 53.5 Å². The van der Waals surface area contributed by atoms with E-state index in [0.717, 1.165) is 55.1 Å². The number of aromatic nitrogens is 2. The Morgan fingerprint density at radius 2 is 1.63 bits per heavy atom. The third-order valence-corrected chi connectivity index (χ3v) is 4.55. The van der Waals surface area contributed by atoms with Gasteiger partial charge in [-0.15, -0.1) is 0 Å². The standard InChI is InChI=1S/C21H23N5O/c1-25-13-15-26(16-14-25)21-22-12-11-20(24-21)23-18-9-5-6-10-19(18)27-17-7-3-2-4-8-17/h2-12H,13-16H2,1H3,(H,22,23,24). The van der Waals surface area contributed by atoms with Gasteiger partial charge in [0.1, 0.15) is 11.6 Å². The number of hydrogen-bond acceptors (Lipinski definition) is 6. The molecule has 0 aliphatic carbocycles. The van der Waals surface area contributed by atoms with Crippen molar-refractivity contribution in [2.75, 3.05) is 43.4 Å². The van der Waals surface area contributed by atoms with E-state index in [1.54, 1.807) is 6.20 Å². The number of benzene rings is 2. The molecule has 0 spiro atoms. The molecule has 3 aromatic rings. The third-order valence-electron chi connectivity index (χ3n) is 4.55. The highest BCUT2D eigenvalue weighted by molar-refractivity contribution is 5.65. The Kier molecular flexibility index (Phi) is 5.16. The minimum absolute atomic E-state index is 0.753. The minimum Gasteiger partial charge on any atom is -0.455 e. The summed E-state index contributed by atoms with van der Waals surface area (Å²) in [4.78, 5) is 13.7. The van der Waals surface area contributed by atoms with Crippen LogP contribution in [0.4, 0.5) is 17.5 Å². The van der Waals surface area contributed by atoms with Crippen LogP contribution < -0.4 is 15.0 Å². The summed E-state index contributed by atoms with van der Waals surface area (Å²) in [7, 11) is 2.14. The number of nitrogens with one attached hydrogen (secondary N) is 1. The molecule has 2 heterocycles. The third kappa shape index (κ3) is 4.35. The van der Waals surface area contributed by atoms with Crippen molar-refractivity contribution in [1.82, 2.24) is 14.9 Å².